The standard InChI is InChI=1S/C17H24N2O6S/c1-3-18(4-2)16(20)13-25-17(21)14-5-7-15(8-6-14)26(22,23)19-9-11-24-12-10-19/h5-8H,3-4,9-13H2,1-2H3. The van der Waals surface area contributed by atoms with Gasteiger partial charge in [-0.1, -0.05) is 0 Å². The molecule has 0 radical (unpaired) electrons. The molecule has 0 bridgehead atoms. The third-order valence-electron chi connectivity index (χ3n) is 4.14. The lowest BCUT2D eigenvalue weighted by Crippen LogP contribution is -2.40. The molecule has 1 fully saturated rings. The van der Waals surface area contributed by atoms with Crippen LogP contribution in [0.1, 0.15) is 24.2 Å². The van der Waals surface area contributed by atoms with E-state index < -0.39 is 16.0 Å². The van der Waals surface area contributed by atoms with Gasteiger partial charge in [0, 0.05) is 26.2 Å². The van der Waals surface area contributed by atoms with Crippen molar-refractivity contribution in [3.63, 3.8) is 0 Å². The second-order valence-corrected chi connectivity index (χ2v) is 7.62. The Morgan fingerprint density at radius 2 is 1.69 bits per heavy atom. The molecule has 0 spiro atoms. The van der Waals surface area contributed by atoms with Crippen LogP contribution in [-0.4, -0.2) is 75.5 Å². The van der Waals surface area contributed by atoms with Crippen LogP contribution in [0, 0.1) is 0 Å². The molecule has 8 nitrogen and oxygen atoms in total. The Labute approximate surface area is 153 Å². The van der Waals surface area contributed by atoms with E-state index in [2.05, 4.69) is 0 Å². The molecule has 1 aromatic rings. The van der Waals surface area contributed by atoms with Gasteiger partial charge in [-0.15, -0.1) is 0 Å². The quantitative estimate of drug-likeness (QED) is 0.644. The molecular weight excluding hydrogens is 360 g/mol. The number of sulfonamides is 1. The summed E-state index contributed by atoms with van der Waals surface area (Å²) in [5, 5.41) is 0. The van der Waals surface area contributed by atoms with E-state index in [1.807, 2.05) is 13.8 Å². The molecule has 1 aromatic carbocycles. The van der Waals surface area contributed by atoms with E-state index in [-0.39, 0.29) is 23.0 Å². The number of carbonyl (C=O) groups is 2. The van der Waals surface area contributed by atoms with E-state index in [1.165, 1.54) is 28.6 Å². The Kier molecular flexibility index (Phi) is 7.13. The van der Waals surface area contributed by atoms with E-state index in [0.29, 0.717) is 39.4 Å². The van der Waals surface area contributed by atoms with Gasteiger partial charge in [0.2, 0.25) is 10.0 Å². The van der Waals surface area contributed by atoms with Gasteiger partial charge in [-0.25, -0.2) is 13.2 Å². The van der Waals surface area contributed by atoms with E-state index in [4.69, 9.17) is 9.47 Å². The van der Waals surface area contributed by atoms with E-state index in [0.717, 1.165) is 0 Å². The monoisotopic (exact) mass is 384 g/mol. The Balaban J connectivity index is 2.00. The normalized spacial score (nSPS) is 15.5. The van der Waals surface area contributed by atoms with Crippen molar-refractivity contribution in [1.29, 1.82) is 0 Å². The van der Waals surface area contributed by atoms with Gasteiger partial charge in [-0.2, -0.15) is 4.31 Å². The van der Waals surface area contributed by atoms with Crippen LogP contribution in [0.5, 0.6) is 0 Å². The number of hydrogen-bond acceptors (Lipinski definition) is 6. The predicted molar refractivity (Wildman–Crippen MR) is 94.2 cm³/mol. The van der Waals surface area contributed by atoms with Gasteiger partial charge in [-0.3, -0.25) is 4.79 Å². The summed E-state index contributed by atoms with van der Waals surface area (Å²) in [6.07, 6.45) is 0. The van der Waals surface area contributed by atoms with Gasteiger partial charge in [-0.05, 0) is 38.1 Å². The van der Waals surface area contributed by atoms with Crippen LogP contribution in [0.15, 0.2) is 29.2 Å². The largest absolute Gasteiger partial charge is 0.452 e. The second kappa shape index (κ2) is 9.11. The Morgan fingerprint density at radius 1 is 1.12 bits per heavy atom. The molecule has 1 heterocycles. The highest BCUT2D eigenvalue weighted by Gasteiger charge is 2.26. The maximum atomic E-state index is 12.5. The van der Waals surface area contributed by atoms with Crippen LogP contribution >= 0.6 is 0 Å². The summed E-state index contributed by atoms with van der Waals surface area (Å²) in [6, 6.07) is 5.51. The molecule has 0 saturated carbocycles. The predicted octanol–water partition coefficient (Wildman–Crippen LogP) is 0.733. The van der Waals surface area contributed by atoms with Crippen molar-refractivity contribution in [2.24, 2.45) is 0 Å². The zero-order valence-corrected chi connectivity index (χ0v) is 15.8. The zero-order chi connectivity index (χ0) is 19.2. The first-order valence-electron chi connectivity index (χ1n) is 8.53. The van der Waals surface area contributed by atoms with Crippen molar-refractivity contribution in [2.75, 3.05) is 46.0 Å². The van der Waals surface area contributed by atoms with Crippen LogP contribution in [-0.2, 0) is 24.3 Å². The number of likely N-dealkylation sites (N-methyl/N-ethyl adjacent to an activating group) is 1. The molecule has 1 aliphatic heterocycles. The van der Waals surface area contributed by atoms with Gasteiger partial charge < -0.3 is 14.4 Å². The molecule has 26 heavy (non-hydrogen) atoms. The summed E-state index contributed by atoms with van der Waals surface area (Å²) < 4.78 is 36.6. The van der Waals surface area contributed by atoms with Gasteiger partial charge >= 0.3 is 5.97 Å². The molecule has 144 valence electrons. The van der Waals surface area contributed by atoms with Crippen LogP contribution in [0.3, 0.4) is 0 Å². The van der Waals surface area contributed by atoms with Crippen LogP contribution in [0.2, 0.25) is 0 Å². The van der Waals surface area contributed by atoms with Gasteiger partial charge in [0.15, 0.2) is 6.61 Å². The van der Waals surface area contributed by atoms with Gasteiger partial charge in [0.05, 0.1) is 23.7 Å². The number of esters is 1. The minimum atomic E-state index is -3.61. The number of amides is 1. The minimum absolute atomic E-state index is 0.107. The third-order valence-corrected chi connectivity index (χ3v) is 6.05. The van der Waals surface area contributed by atoms with E-state index in [9.17, 15) is 18.0 Å². The SMILES string of the molecule is CCN(CC)C(=O)COC(=O)c1ccc(S(=O)(=O)N2CCOCC2)cc1. The third kappa shape index (κ3) is 4.80. The van der Waals surface area contributed by atoms with Crippen LogP contribution in [0.25, 0.3) is 0 Å². The van der Waals surface area contributed by atoms with Crippen molar-refractivity contribution >= 4 is 21.9 Å². The van der Waals surface area contributed by atoms with Crippen molar-refractivity contribution in [2.45, 2.75) is 18.7 Å². The first kappa shape index (κ1) is 20.3. The molecule has 0 atom stereocenters. The lowest BCUT2D eigenvalue weighted by molar-refractivity contribution is -0.134. The number of morpholine rings is 1. The Bertz CT molecular complexity index is 722. The lowest BCUT2D eigenvalue weighted by Gasteiger charge is -2.26. The lowest BCUT2D eigenvalue weighted by atomic mass is 10.2. The first-order valence-corrected chi connectivity index (χ1v) is 9.97. The summed E-state index contributed by atoms with van der Waals surface area (Å²) >= 11 is 0. The Hall–Kier alpha value is -1.97. The fourth-order valence-corrected chi connectivity index (χ4v) is 3.99. The van der Waals surface area contributed by atoms with Crippen molar-refractivity contribution in [3.8, 4) is 0 Å². The van der Waals surface area contributed by atoms with Crippen LogP contribution in [0.4, 0.5) is 0 Å². The molecule has 1 saturated heterocycles. The first-order chi connectivity index (χ1) is 12.4. The van der Waals surface area contributed by atoms with Gasteiger partial charge in [0.25, 0.3) is 5.91 Å². The molecule has 1 amide bonds. The van der Waals surface area contributed by atoms with Crippen molar-refractivity contribution < 1.29 is 27.5 Å². The number of rotatable bonds is 7. The molecule has 0 N–H and O–H groups in total. The number of benzene rings is 1. The average molecular weight is 384 g/mol. The van der Waals surface area contributed by atoms with Crippen molar-refractivity contribution in [1.82, 2.24) is 9.21 Å². The average Bonchev–Trinajstić information content (AvgIpc) is 2.68. The summed E-state index contributed by atoms with van der Waals surface area (Å²) in [7, 11) is -3.61. The number of carbonyl (C=O) groups excluding carboxylic acids is 2. The summed E-state index contributed by atoms with van der Waals surface area (Å²) in [6.45, 7) is 5.78. The second-order valence-electron chi connectivity index (χ2n) is 5.68. The van der Waals surface area contributed by atoms with Crippen LogP contribution < -0.4 is 0 Å². The highest BCUT2D eigenvalue weighted by Crippen LogP contribution is 2.18. The highest BCUT2D eigenvalue weighted by atomic mass is 32.2. The molecule has 0 aromatic heterocycles. The number of ether oxygens (including phenoxy) is 2. The van der Waals surface area contributed by atoms with Gasteiger partial charge in [0.1, 0.15) is 0 Å². The molecule has 0 unspecified atom stereocenters. The zero-order valence-electron chi connectivity index (χ0n) is 15.0. The highest BCUT2D eigenvalue weighted by molar-refractivity contribution is 7.89. The van der Waals surface area contributed by atoms with Crippen molar-refractivity contribution in [3.05, 3.63) is 29.8 Å². The fraction of sp³-hybridized carbons (Fsp3) is 0.529. The summed E-state index contributed by atoms with van der Waals surface area (Å²) in [5.74, 6) is -0.935. The minimum Gasteiger partial charge on any atom is -0.452 e. The van der Waals surface area contributed by atoms with E-state index >= 15 is 0 Å². The molecule has 1 aliphatic rings. The van der Waals surface area contributed by atoms with E-state index in [1.54, 1.807) is 4.90 Å². The molecule has 2 rings (SSSR count). The Morgan fingerprint density at radius 3 is 2.23 bits per heavy atom. The summed E-state index contributed by atoms with van der Waals surface area (Å²) in [4.78, 5) is 25.6. The fourth-order valence-electron chi connectivity index (χ4n) is 2.58. The smallest absolute Gasteiger partial charge is 0.338 e. The maximum absolute atomic E-state index is 12.5. The summed E-state index contributed by atoms with van der Waals surface area (Å²) in [5.41, 5.74) is 0.193. The number of hydrogen-bond donors (Lipinski definition) is 0. The molecule has 9 heteroatoms. The topological polar surface area (TPSA) is 93.2 Å². The number of nitrogens with zero attached hydrogens (tertiary/aromatic N) is 2. The molecule has 0 aliphatic carbocycles. The maximum Gasteiger partial charge on any atom is 0.338 e. The molecular formula is C17H24N2O6S.